The van der Waals surface area contributed by atoms with Gasteiger partial charge in [-0.05, 0) is 41.8 Å². The molecule has 3 aromatic rings. The monoisotopic (exact) mass is 422 g/mol. The first-order valence-corrected chi connectivity index (χ1v) is 10.7. The van der Waals surface area contributed by atoms with E-state index in [2.05, 4.69) is 26.9 Å². The fourth-order valence-corrected chi connectivity index (χ4v) is 4.10. The Kier molecular flexibility index (Phi) is 6.13. The van der Waals surface area contributed by atoms with E-state index >= 15 is 0 Å². The molecule has 0 saturated carbocycles. The van der Waals surface area contributed by atoms with Gasteiger partial charge in [-0.25, -0.2) is 4.98 Å². The van der Waals surface area contributed by atoms with E-state index in [1.807, 2.05) is 38.1 Å². The number of nitrogens with zero attached hydrogens (tertiary/aromatic N) is 3. The molecule has 164 valence electrons. The van der Waals surface area contributed by atoms with Crippen LogP contribution in [0.4, 0.5) is 5.69 Å². The van der Waals surface area contributed by atoms with Crippen LogP contribution in [0.15, 0.2) is 36.4 Å². The number of fused-ring (bicyclic) bond motifs is 3. The smallest absolute Gasteiger partial charge is 0.224 e. The minimum atomic E-state index is 0.0411. The summed E-state index contributed by atoms with van der Waals surface area (Å²) in [7, 11) is 3.30. The fraction of sp³-hybridized carbons (Fsp3) is 0.417. The Hall–Kier alpha value is -3.06. The van der Waals surface area contributed by atoms with Crippen LogP contribution in [0.1, 0.15) is 31.7 Å². The molecule has 7 heteroatoms. The van der Waals surface area contributed by atoms with Crippen molar-refractivity contribution >= 4 is 22.6 Å². The minimum Gasteiger partial charge on any atom is -0.493 e. The topological polar surface area (TPSA) is 68.6 Å². The van der Waals surface area contributed by atoms with Crippen LogP contribution in [0, 0.1) is 5.92 Å². The lowest BCUT2D eigenvalue weighted by atomic mass is 10.1. The number of methoxy groups -OCH3 is 2. The van der Waals surface area contributed by atoms with E-state index < -0.39 is 0 Å². The third-order valence-electron chi connectivity index (χ3n) is 5.56. The van der Waals surface area contributed by atoms with Crippen molar-refractivity contribution in [3.8, 4) is 11.5 Å². The fourth-order valence-electron chi connectivity index (χ4n) is 4.10. The number of hydrogen-bond donors (Lipinski definition) is 1. The Morgan fingerprint density at radius 2 is 1.90 bits per heavy atom. The highest BCUT2D eigenvalue weighted by Crippen LogP contribution is 2.29. The molecule has 1 aliphatic heterocycles. The molecule has 2 heterocycles. The number of nitrogens with one attached hydrogen (secondary N) is 1. The van der Waals surface area contributed by atoms with E-state index in [0.717, 1.165) is 60.2 Å². The number of carbonyl (C=O) groups is 1. The summed E-state index contributed by atoms with van der Waals surface area (Å²) in [6.07, 6.45) is 0.517. The Morgan fingerprint density at radius 1 is 1.10 bits per heavy atom. The molecule has 0 spiro atoms. The third kappa shape index (κ3) is 4.66. The second kappa shape index (κ2) is 8.98. The first-order chi connectivity index (χ1) is 15.0. The van der Waals surface area contributed by atoms with Crippen molar-refractivity contribution in [3.05, 3.63) is 47.8 Å². The molecule has 1 aromatic heterocycles. The zero-order valence-electron chi connectivity index (χ0n) is 18.6. The maximum atomic E-state index is 12.1. The molecule has 1 aliphatic rings. The van der Waals surface area contributed by atoms with Crippen molar-refractivity contribution in [1.82, 2.24) is 14.5 Å². The van der Waals surface area contributed by atoms with E-state index in [-0.39, 0.29) is 5.91 Å². The Labute approximate surface area is 183 Å². The van der Waals surface area contributed by atoms with Crippen LogP contribution >= 0.6 is 0 Å². The largest absolute Gasteiger partial charge is 0.493 e. The van der Waals surface area contributed by atoms with E-state index in [9.17, 15) is 4.79 Å². The van der Waals surface area contributed by atoms with E-state index in [1.165, 1.54) is 5.56 Å². The maximum absolute atomic E-state index is 12.1. The van der Waals surface area contributed by atoms with Gasteiger partial charge in [0.2, 0.25) is 5.91 Å². The van der Waals surface area contributed by atoms with Gasteiger partial charge in [0.05, 0.1) is 31.8 Å². The lowest BCUT2D eigenvalue weighted by Gasteiger charge is -2.28. The molecule has 4 rings (SSSR count). The molecule has 0 fully saturated rings. The van der Waals surface area contributed by atoms with Gasteiger partial charge in [0, 0.05) is 31.7 Å². The summed E-state index contributed by atoms with van der Waals surface area (Å²) >= 11 is 0. The molecule has 1 amide bonds. The second-order valence-electron chi connectivity index (χ2n) is 8.43. The number of carbonyl (C=O) groups excluding carboxylic acids is 1. The summed E-state index contributed by atoms with van der Waals surface area (Å²) < 4.78 is 13.0. The zero-order valence-corrected chi connectivity index (χ0v) is 18.6. The van der Waals surface area contributed by atoms with Gasteiger partial charge in [-0.15, -0.1) is 0 Å². The third-order valence-corrected chi connectivity index (χ3v) is 5.56. The summed E-state index contributed by atoms with van der Waals surface area (Å²) in [5.41, 5.74) is 4.01. The van der Waals surface area contributed by atoms with Crippen LogP contribution in [-0.2, 0) is 24.4 Å². The first kappa shape index (κ1) is 21.2. The van der Waals surface area contributed by atoms with Crippen molar-refractivity contribution < 1.29 is 14.3 Å². The standard InChI is InChI=1S/C24H30N4O3/c1-16(2)11-24(29)25-18-6-7-20-19(13-18)26-23-15-27(9-10-28(20)23)14-17-5-8-21(30-3)22(12-17)31-4/h5-8,12-13,16H,9-11,14-15H2,1-4H3,(H,25,29). The normalized spacial score (nSPS) is 14.0. The highest BCUT2D eigenvalue weighted by Gasteiger charge is 2.21. The molecule has 1 N–H and O–H groups in total. The van der Waals surface area contributed by atoms with Gasteiger partial charge in [-0.1, -0.05) is 19.9 Å². The van der Waals surface area contributed by atoms with Crippen LogP contribution < -0.4 is 14.8 Å². The van der Waals surface area contributed by atoms with E-state index in [1.54, 1.807) is 14.2 Å². The molecule has 0 radical (unpaired) electrons. The van der Waals surface area contributed by atoms with Gasteiger partial charge in [0.15, 0.2) is 11.5 Å². The molecule has 0 aliphatic carbocycles. The summed E-state index contributed by atoms with van der Waals surface area (Å²) in [6.45, 7) is 7.51. The Morgan fingerprint density at radius 3 is 2.65 bits per heavy atom. The van der Waals surface area contributed by atoms with Crippen molar-refractivity contribution in [1.29, 1.82) is 0 Å². The molecule has 0 unspecified atom stereocenters. The predicted octanol–water partition coefficient (Wildman–Crippen LogP) is 4.05. The molecule has 0 atom stereocenters. The van der Waals surface area contributed by atoms with E-state index in [4.69, 9.17) is 14.5 Å². The van der Waals surface area contributed by atoms with Crippen molar-refractivity contribution in [2.24, 2.45) is 5.92 Å². The molecular formula is C24H30N4O3. The lowest BCUT2D eigenvalue weighted by Crippen LogP contribution is -2.33. The summed E-state index contributed by atoms with van der Waals surface area (Å²) in [6, 6.07) is 12.0. The van der Waals surface area contributed by atoms with E-state index in [0.29, 0.717) is 12.3 Å². The number of aromatic nitrogens is 2. The van der Waals surface area contributed by atoms with Crippen LogP contribution in [0.2, 0.25) is 0 Å². The minimum absolute atomic E-state index is 0.0411. The predicted molar refractivity (Wildman–Crippen MR) is 121 cm³/mol. The lowest BCUT2D eigenvalue weighted by molar-refractivity contribution is -0.116. The first-order valence-electron chi connectivity index (χ1n) is 10.7. The van der Waals surface area contributed by atoms with Gasteiger partial charge < -0.3 is 19.4 Å². The number of benzene rings is 2. The average Bonchev–Trinajstić information content (AvgIpc) is 3.09. The van der Waals surface area contributed by atoms with Gasteiger partial charge in [-0.2, -0.15) is 0 Å². The van der Waals surface area contributed by atoms with Crippen LogP contribution in [0.3, 0.4) is 0 Å². The SMILES string of the molecule is COc1ccc(CN2CCn3c(nc4cc(NC(=O)CC(C)C)ccc43)C2)cc1OC. The summed E-state index contributed by atoms with van der Waals surface area (Å²) in [5, 5.41) is 2.99. The van der Waals surface area contributed by atoms with Gasteiger partial charge in [-0.3, -0.25) is 9.69 Å². The second-order valence-corrected chi connectivity index (χ2v) is 8.43. The van der Waals surface area contributed by atoms with Gasteiger partial charge >= 0.3 is 0 Å². The highest BCUT2D eigenvalue weighted by molar-refractivity contribution is 5.93. The number of amides is 1. The quantitative estimate of drug-likeness (QED) is 0.622. The molecule has 2 aromatic carbocycles. The Balaban J connectivity index is 1.49. The van der Waals surface area contributed by atoms with Crippen LogP contribution in [0.25, 0.3) is 11.0 Å². The number of anilines is 1. The number of ether oxygens (including phenoxy) is 2. The summed E-state index contributed by atoms with van der Waals surface area (Å²) in [5.74, 6) is 2.91. The van der Waals surface area contributed by atoms with Crippen molar-refractivity contribution in [3.63, 3.8) is 0 Å². The molecule has 7 nitrogen and oxygen atoms in total. The molecule has 0 saturated heterocycles. The summed E-state index contributed by atoms with van der Waals surface area (Å²) in [4.78, 5) is 19.3. The van der Waals surface area contributed by atoms with Crippen LogP contribution in [0.5, 0.6) is 11.5 Å². The van der Waals surface area contributed by atoms with Gasteiger partial charge in [0.25, 0.3) is 0 Å². The molecule has 0 bridgehead atoms. The number of rotatable bonds is 7. The molecular weight excluding hydrogens is 392 g/mol. The van der Waals surface area contributed by atoms with Crippen LogP contribution in [-0.4, -0.2) is 41.1 Å². The Bertz CT molecular complexity index is 1090. The number of imidazole rings is 1. The van der Waals surface area contributed by atoms with Crippen molar-refractivity contribution in [2.75, 3.05) is 26.1 Å². The average molecular weight is 423 g/mol. The van der Waals surface area contributed by atoms with Crippen molar-refractivity contribution in [2.45, 2.75) is 39.9 Å². The molecule has 31 heavy (non-hydrogen) atoms. The zero-order chi connectivity index (χ0) is 22.0. The highest BCUT2D eigenvalue weighted by atomic mass is 16.5. The maximum Gasteiger partial charge on any atom is 0.224 e. The van der Waals surface area contributed by atoms with Gasteiger partial charge in [0.1, 0.15) is 5.82 Å². The number of hydrogen-bond acceptors (Lipinski definition) is 5.